The van der Waals surface area contributed by atoms with Gasteiger partial charge in [-0.2, -0.15) is 13.2 Å². The van der Waals surface area contributed by atoms with Crippen LogP contribution in [0.5, 0.6) is 0 Å². The summed E-state index contributed by atoms with van der Waals surface area (Å²) >= 11 is 0. The molecule has 0 fully saturated rings. The van der Waals surface area contributed by atoms with Gasteiger partial charge >= 0.3 is 12.1 Å². The molecule has 0 atom stereocenters. The number of hydrogen-bond donors (Lipinski definition) is 0. The number of rotatable bonds is 6. The quantitative estimate of drug-likeness (QED) is 0.446. The highest BCUT2D eigenvalue weighted by atomic mass is 19.4. The molecule has 0 N–H and O–H groups in total. The molecule has 0 bridgehead atoms. The topological polar surface area (TPSA) is 26.3 Å². The van der Waals surface area contributed by atoms with Crippen molar-refractivity contribution in [3.8, 4) is 0 Å². The monoisotopic (exact) mass is 310 g/mol. The summed E-state index contributed by atoms with van der Waals surface area (Å²) in [6.07, 6.45) is -3.86. The summed E-state index contributed by atoms with van der Waals surface area (Å²) in [6.45, 7) is 2.15. The van der Waals surface area contributed by atoms with Crippen LogP contribution in [0.3, 0.4) is 0 Å². The van der Waals surface area contributed by atoms with Gasteiger partial charge in [-0.15, -0.1) is 0 Å². The van der Waals surface area contributed by atoms with E-state index in [1.54, 1.807) is 0 Å². The Morgan fingerprint density at radius 1 is 1.19 bits per heavy atom. The van der Waals surface area contributed by atoms with Crippen molar-refractivity contribution < 1.29 is 31.5 Å². The largest absolute Gasteiger partial charge is 0.466 e. The molecule has 7 heteroatoms. The molecule has 21 heavy (non-hydrogen) atoms. The Labute approximate surface area is 118 Å². The molecular weight excluding hydrogens is 295 g/mol. The first-order chi connectivity index (χ1) is 9.77. The highest BCUT2D eigenvalue weighted by Gasteiger charge is 2.35. The van der Waals surface area contributed by atoms with E-state index in [1.807, 2.05) is 6.92 Å². The van der Waals surface area contributed by atoms with E-state index in [9.17, 15) is 26.7 Å². The van der Waals surface area contributed by atoms with Crippen molar-refractivity contribution in [1.29, 1.82) is 0 Å². The minimum absolute atomic E-state index is 0.216. The minimum Gasteiger partial charge on any atom is -0.466 e. The highest BCUT2D eigenvalue weighted by Crippen LogP contribution is 2.33. The Morgan fingerprint density at radius 2 is 1.86 bits per heavy atom. The van der Waals surface area contributed by atoms with Crippen LogP contribution in [0.25, 0.3) is 0 Å². The SMILES string of the molecule is CCCCOC(=O)CCc1ccc(C(F)(F)F)c(F)c1F. The van der Waals surface area contributed by atoms with Crippen LogP contribution in [-0.4, -0.2) is 12.6 Å². The zero-order valence-corrected chi connectivity index (χ0v) is 11.4. The number of esters is 1. The predicted octanol–water partition coefficient (Wildman–Crippen LogP) is 4.26. The highest BCUT2D eigenvalue weighted by molar-refractivity contribution is 5.69. The molecule has 0 aliphatic heterocycles. The minimum atomic E-state index is -4.96. The molecule has 1 aromatic rings. The standard InChI is InChI=1S/C14H15F5O2/c1-2-3-8-21-11(20)7-5-9-4-6-10(14(17,18)19)13(16)12(9)15/h4,6H,2-3,5,7-8H2,1H3. The van der Waals surface area contributed by atoms with E-state index in [0.717, 1.165) is 12.5 Å². The van der Waals surface area contributed by atoms with Crippen molar-refractivity contribution in [1.82, 2.24) is 0 Å². The molecule has 1 rings (SSSR count). The van der Waals surface area contributed by atoms with E-state index in [1.165, 1.54) is 0 Å². The van der Waals surface area contributed by atoms with Crippen LogP contribution in [0.1, 0.15) is 37.3 Å². The normalized spacial score (nSPS) is 11.5. The van der Waals surface area contributed by atoms with E-state index >= 15 is 0 Å². The summed E-state index contributed by atoms with van der Waals surface area (Å²) in [5, 5.41) is 0. The van der Waals surface area contributed by atoms with Crippen molar-refractivity contribution in [3.05, 3.63) is 34.9 Å². The number of carbonyl (C=O) groups is 1. The molecule has 2 nitrogen and oxygen atoms in total. The lowest BCUT2D eigenvalue weighted by Crippen LogP contribution is -2.12. The first-order valence-corrected chi connectivity index (χ1v) is 6.47. The van der Waals surface area contributed by atoms with Gasteiger partial charge in [0.05, 0.1) is 12.2 Å². The molecule has 0 aliphatic rings. The molecule has 118 valence electrons. The smallest absolute Gasteiger partial charge is 0.419 e. The van der Waals surface area contributed by atoms with Crippen LogP contribution in [0.15, 0.2) is 12.1 Å². The number of carbonyl (C=O) groups excluding carboxylic acids is 1. The first-order valence-electron chi connectivity index (χ1n) is 6.47. The zero-order chi connectivity index (χ0) is 16.0. The van der Waals surface area contributed by atoms with Crippen LogP contribution >= 0.6 is 0 Å². The number of halogens is 5. The molecule has 0 unspecified atom stereocenters. The van der Waals surface area contributed by atoms with Gasteiger partial charge in [0.2, 0.25) is 0 Å². The van der Waals surface area contributed by atoms with Crippen LogP contribution in [0.2, 0.25) is 0 Å². The third kappa shape index (κ3) is 4.99. The second-order valence-corrected chi connectivity index (χ2v) is 4.47. The Morgan fingerprint density at radius 3 is 2.43 bits per heavy atom. The maximum Gasteiger partial charge on any atom is 0.419 e. The molecule has 0 spiro atoms. The molecular formula is C14H15F5O2. The van der Waals surface area contributed by atoms with E-state index in [-0.39, 0.29) is 25.0 Å². The number of aryl methyl sites for hydroxylation is 1. The van der Waals surface area contributed by atoms with Gasteiger partial charge in [-0.3, -0.25) is 4.79 Å². The Kier molecular flexibility index (Phi) is 6.11. The van der Waals surface area contributed by atoms with Gasteiger partial charge in [0.25, 0.3) is 0 Å². The summed E-state index contributed by atoms with van der Waals surface area (Å²) in [5.74, 6) is -4.12. The Hall–Kier alpha value is -1.66. The van der Waals surface area contributed by atoms with Gasteiger partial charge in [-0.1, -0.05) is 19.4 Å². The molecule has 0 aliphatic carbocycles. The van der Waals surface area contributed by atoms with Gasteiger partial charge in [0.1, 0.15) is 0 Å². The fourth-order valence-electron chi connectivity index (χ4n) is 1.64. The van der Waals surface area contributed by atoms with E-state index < -0.39 is 29.3 Å². The Bertz CT molecular complexity index is 497. The van der Waals surface area contributed by atoms with Crippen molar-refractivity contribution in [3.63, 3.8) is 0 Å². The van der Waals surface area contributed by atoms with Gasteiger partial charge in [-0.05, 0) is 24.5 Å². The molecule has 0 radical (unpaired) electrons. The average Bonchev–Trinajstić information content (AvgIpc) is 2.39. The summed E-state index contributed by atoms with van der Waals surface area (Å²) in [7, 11) is 0. The van der Waals surface area contributed by atoms with Crippen molar-refractivity contribution in [2.75, 3.05) is 6.61 Å². The summed E-state index contributed by atoms with van der Waals surface area (Å²) in [4.78, 5) is 11.3. The maximum absolute atomic E-state index is 13.5. The molecule has 0 amide bonds. The van der Waals surface area contributed by atoms with Crippen molar-refractivity contribution in [2.45, 2.75) is 38.8 Å². The van der Waals surface area contributed by atoms with Crippen LogP contribution in [-0.2, 0) is 22.1 Å². The lowest BCUT2D eigenvalue weighted by atomic mass is 10.1. The fourth-order valence-corrected chi connectivity index (χ4v) is 1.64. The third-order valence-electron chi connectivity index (χ3n) is 2.83. The zero-order valence-electron chi connectivity index (χ0n) is 11.4. The lowest BCUT2D eigenvalue weighted by Gasteiger charge is -2.11. The second kappa shape index (κ2) is 7.38. The third-order valence-corrected chi connectivity index (χ3v) is 2.83. The number of hydrogen-bond acceptors (Lipinski definition) is 2. The van der Waals surface area contributed by atoms with Gasteiger partial charge in [0, 0.05) is 6.42 Å². The molecule has 0 heterocycles. The number of unbranched alkanes of at least 4 members (excludes halogenated alkanes) is 1. The van der Waals surface area contributed by atoms with Crippen molar-refractivity contribution >= 4 is 5.97 Å². The van der Waals surface area contributed by atoms with Crippen LogP contribution in [0.4, 0.5) is 22.0 Å². The maximum atomic E-state index is 13.5. The predicted molar refractivity (Wildman–Crippen MR) is 65.5 cm³/mol. The summed E-state index contributed by atoms with van der Waals surface area (Å²) in [6, 6.07) is 1.30. The summed E-state index contributed by atoms with van der Waals surface area (Å²) < 4.78 is 68.8. The van der Waals surface area contributed by atoms with Gasteiger partial charge in [0.15, 0.2) is 11.6 Å². The molecule has 0 saturated heterocycles. The summed E-state index contributed by atoms with van der Waals surface area (Å²) in [5.41, 5.74) is -1.94. The van der Waals surface area contributed by atoms with Crippen LogP contribution < -0.4 is 0 Å². The first kappa shape index (κ1) is 17.4. The lowest BCUT2D eigenvalue weighted by molar-refractivity contribution is -0.144. The van der Waals surface area contributed by atoms with Crippen molar-refractivity contribution in [2.24, 2.45) is 0 Å². The second-order valence-electron chi connectivity index (χ2n) is 4.47. The number of ether oxygens (including phenoxy) is 1. The Balaban J connectivity index is 2.69. The molecule has 0 aromatic heterocycles. The van der Waals surface area contributed by atoms with E-state index in [0.29, 0.717) is 12.5 Å². The number of benzene rings is 1. The van der Waals surface area contributed by atoms with Crippen LogP contribution in [0, 0.1) is 11.6 Å². The van der Waals surface area contributed by atoms with Gasteiger partial charge < -0.3 is 4.74 Å². The molecule has 0 saturated carbocycles. The number of alkyl halides is 3. The van der Waals surface area contributed by atoms with E-state index in [4.69, 9.17) is 4.74 Å². The molecule has 1 aromatic carbocycles. The fraction of sp³-hybridized carbons (Fsp3) is 0.500. The average molecular weight is 310 g/mol. The van der Waals surface area contributed by atoms with Gasteiger partial charge in [-0.25, -0.2) is 8.78 Å². The van der Waals surface area contributed by atoms with E-state index in [2.05, 4.69) is 0 Å².